The summed E-state index contributed by atoms with van der Waals surface area (Å²) in [7, 11) is 0. The van der Waals surface area contributed by atoms with Crippen LogP contribution in [0.3, 0.4) is 0 Å². The first-order valence-corrected chi connectivity index (χ1v) is 9.08. The summed E-state index contributed by atoms with van der Waals surface area (Å²) in [6.07, 6.45) is 4.57. The number of amides is 2. The number of aromatic nitrogens is 2. The van der Waals surface area contributed by atoms with Gasteiger partial charge >= 0.3 is 0 Å². The highest BCUT2D eigenvalue weighted by Gasteiger charge is 2.26. The van der Waals surface area contributed by atoms with Crippen LogP contribution in [0.25, 0.3) is 5.52 Å². The van der Waals surface area contributed by atoms with Crippen molar-refractivity contribution in [2.24, 2.45) is 0 Å². The fraction of sp³-hybridized carbons (Fsp3) is 0.250. The Morgan fingerprint density at radius 2 is 1.68 bits per heavy atom. The van der Waals surface area contributed by atoms with Crippen LogP contribution in [0, 0.1) is 11.6 Å². The number of pyridine rings is 1. The SMILES string of the molecule is O=C(Nc1c(F)cccc1F)c1nc(C(=O)N2CCCCC2)n2ccccc12. The lowest BCUT2D eigenvalue weighted by Crippen LogP contribution is -2.36. The van der Waals surface area contributed by atoms with Gasteiger partial charge < -0.3 is 10.2 Å². The lowest BCUT2D eigenvalue weighted by molar-refractivity contribution is 0.0711. The minimum atomic E-state index is -0.888. The monoisotopic (exact) mass is 384 g/mol. The summed E-state index contributed by atoms with van der Waals surface area (Å²) in [5, 5.41) is 2.23. The quantitative estimate of drug-likeness (QED) is 0.752. The van der Waals surface area contributed by atoms with Crippen LogP contribution in [0.5, 0.6) is 0 Å². The molecule has 2 amide bonds. The smallest absolute Gasteiger partial charge is 0.290 e. The number of hydrogen-bond acceptors (Lipinski definition) is 3. The average molecular weight is 384 g/mol. The second kappa shape index (κ2) is 7.38. The molecule has 0 bridgehead atoms. The van der Waals surface area contributed by atoms with Crippen molar-refractivity contribution in [1.29, 1.82) is 0 Å². The van der Waals surface area contributed by atoms with Crippen LogP contribution in [0.2, 0.25) is 0 Å². The normalized spacial score (nSPS) is 14.3. The van der Waals surface area contributed by atoms with Crippen LogP contribution in [-0.4, -0.2) is 39.2 Å². The maximum absolute atomic E-state index is 13.9. The van der Waals surface area contributed by atoms with Gasteiger partial charge in [0.2, 0.25) is 5.82 Å². The molecule has 144 valence electrons. The molecular formula is C20H18F2N4O2. The molecule has 0 atom stereocenters. The Balaban J connectivity index is 1.71. The predicted molar refractivity (Wildman–Crippen MR) is 99.3 cm³/mol. The number of carbonyl (C=O) groups is 2. The number of para-hydroxylation sites is 1. The van der Waals surface area contributed by atoms with Crippen LogP contribution >= 0.6 is 0 Å². The molecule has 3 heterocycles. The zero-order valence-electron chi connectivity index (χ0n) is 15.0. The molecule has 8 heteroatoms. The number of nitrogens with zero attached hydrogens (tertiary/aromatic N) is 3. The topological polar surface area (TPSA) is 66.7 Å². The Hall–Kier alpha value is -3.29. The van der Waals surface area contributed by atoms with Crippen LogP contribution in [0.15, 0.2) is 42.6 Å². The van der Waals surface area contributed by atoms with Gasteiger partial charge in [-0.25, -0.2) is 13.8 Å². The number of likely N-dealkylation sites (tertiary alicyclic amines) is 1. The fourth-order valence-electron chi connectivity index (χ4n) is 3.38. The second-order valence-corrected chi connectivity index (χ2v) is 6.64. The predicted octanol–water partition coefficient (Wildman–Crippen LogP) is 3.49. The number of piperidine rings is 1. The molecule has 0 unspecified atom stereocenters. The number of hydrogen-bond donors (Lipinski definition) is 1. The van der Waals surface area contributed by atoms with E-state index in [4.69, 9.17) is 0 Å². The van der Waals surface area contributed by atoms with Gasteiger partial charge in [0, 0.05) is 19.3 Å². The number of anilines is 1. The van der Waals surface area contributed by atoms with Crippen molar-refractivity contribution in [1.82, 2.24) is 14.3 Å². The van der Waals surface area contributed by atoms with Crippen LogP contribution < -0.4 is 5.32 Å². The summed E-state index contributed by atoms with van der Waals surface area (Å²) in [5.74, 6) is -2.72. The molecule has 4 rings (SSSR count). The van der Waals surface area contributed by atoms with Gasteiger partial charge in [0.15, 0.2) is 5.69 Å². The maximum atomic E-state index is 13.9. The first kappa shape index (κ1) is 18.1. The zero-order valence-corrected chi connectivity index (χ0v) is 15.0. The molecule has 1 aromatic carbocycles. The number of nitrogens with one attached hydrogen (secondary N) is 1. The molecule has 1 fully saturated rings. The van der Waals surface area contributed by atoms with E-state index < -0.39 is 23.2 Å². The molecule has 1 aliphatic rings. The first-order valence-electron chi connectivity index (χ1n) is 9.08. The molecule has 1 saturated heterocycles. The van der Waals surface area contributed by atoms with Gasteiger partial charge in [-0.2, -0.15) is 0 Å². The van der Waals surface area contributed by atoms with E-state index in [0.29, 0.717) is 18.6 Å². The van der Waals surface area contributed by atoms with E-state index in [1.807, 2.05) is 0 Å². The fourth-order valence-corrected chi connectivity index (χ4v) is 3.38. The third-order valence-corrected chi connectivity index (χ3v) is 4.80. The van der Waals surface area contributed by atoms with E-state index in [9.17, 15) is 18.4 Å². The second-order valence-electron chi connectivity index (χ2n) is 6.64. The summed E-state index contributed by atoms with van der Waals surface area (Å²) < 4.78 is 29.3. The Morgan fingerprint density at radius 1 is 0.964 bits per heavy atom. The Morgan fingerprint density at radius 3 is 2.39 bits per heavy atom. The number of rotatable bonds is 3. The minimum Gasteiger partial charge on any atom is -0.336 e. The first-order chi connectivity index (χ1) is 13.6. The van der Waals surface area contributed by atoms with Gasteiger partial charge in [0.1, 0.15) is 17.3 Å². The number of carbonyl (C=O) groups excluding carboxylic acids is 2. The number of fused-ring (bicyclic) bond motifs is 1. The molecule has 2 aromatic heterocycles. The highest BCUT2D eigenvalue weighted by atomic mass is 19.1. The molecule has 1 aliphatic heterocycles. The van der Waals surface area contributed by atoms with E-state index in [1.54, 1.807) is 29.3 Å². The third kappa shape index (κ3) is 3.21. The van der Waals surface area contributed by atoms with E-state index in [-0.39, 0.29) is 17.4 Å². The lowest BCUT2D eigenvalue weighted by atomic mass is 10.1. The van der Waals surface area contributed by atoms with Gasteiger partial charge in [0.25, 0.3) is 11.8 Å². The van der Waals surface area contributed by atoms with E-state index in [2.05, 4.69) is 10.3 Å². The third-order valence-electron chi connectivity index (χ3n) is 4.80. The van der Waals surface area contributed by atoms with Crippen molar-refractivity contribution in [3.05, 3.63) is 65.7 Å². The van der Waals surface area contributed by atoms with Gasteiger partial charge in [-0.15, -0.1) is 0 Å². The summed E-state index contributed by atoms with van der Waals surface area (Å²) in [6.45, 7) is 1.28. The van der Waals surface area contributed by atoms with Crippen LogP contribution in [0.1, 0.15) is 40.4 Å². The molecule has 3 aromatic rings. The largest absolute Gasteiger partial charge is 0.336 e. The van der Waals surface area contributed by atoms with Crippen LogP contribution in [-0.2, 0) is 0 Å². The molecule has 1 N–H and O–H groups in total. The highest BCUT2D eigenvalue weighted by Crippen LogP contribution is 2.22. The molecule has 0 spiro atoms. The van der Waals surface area contributed by atoms with E-state index in [0.717, 1.165) is 31.4 Å². The Labute approximate surface area is 159 Å². The van der Waals surface area contributed by atoms with E-state index >= 15 is 0 Å². The highest BCUT2D eigenvalue weighted by molar-refractivity contribution is 6.09. The lowest BCUT2D eigenvalue weighted by Gasteiger charge is -2.25. The summed E-state index contributed by atoms with van der Waals surface area (Å²) in [4.78, 5) is 31.6. The molecule has 0 saturated carbocycles. The zero-order chi connectivity index (χ0) is 19.7. The van der Waals surface area contributed by atoms with Crippen molar-refractivity contribution >= 4 is 23.0 Å². The summed E-state index contributed by atoms with van der Waals surface area (Å²) in [6, 6.07) is 8.37. The number of halogens is 2. The Bertz CT molecular complexity index is 1040. The van der Waals surface area contributed by atoms with Crippen LogP contribution in [0.4, 0.5) is 14.5 Å². The van der Waals surface area contributed by atoms with Gasteiger partial charge in [-0.3, -0.25) is 14.0 Å². The summed E-state index contributed by atoms with van der Waals surface area (Å²) >= 11 is 0. The van der Waals surface area contributed by atoms with Gasteiger partial charge in [-0.05, 0) is 43.5 Å². The molecular weight excluding hydrogens is 366 g/mol. The Kier molecular flexibility index (Phi) is 4.77. The van der Waals surface area contributed by atoms with Crippen molar-refractivity contribution in [2.75, 3.05) is 18.4 Å². The molecule has 0 aliphatic carbocycles. The average Bonchev–Trinajstić information content (AvgIpc) is 3.11. The molecule has 0 radical (unpaired) electrons. The molecule has 6 nitrogen and oxygen atoms in total. The standard InChI is InChI=1S/C20H18F2N4O2/c21-13-7-6-8-14(22)16(13)24-19(27)17-15-9-2-5-12-26(15)18(23-17)20(28)25-10-3-1-4-11-25/h2,5-9,12H,1,3-4,10-11H2,(H,24,27). The summed E-state index contributed by atoms with van der Waals surface area (Å²) in [5.41, 5.74) is -0.228. The number of imidazole rings is 1. The number of benzene rings is 1. The van der Waals surface area contributed by atoms with Crippen molar-refractivity contribution < 1.29 is 18.4 Å². The van der Waals surface area contributed by atoms with E-state index in [1.165, 1.54) is 10.5 Å². The van der Waals surface area contributed by atoms with Gasteiger partial charge in [0.05, 0.1) is 5.52 Å². The maximum Gasteiger partial charge on any atom is 0.290 e. The minimum absolute atomic E-state index is 0.0661. The molecule has 28 heavy (non-hydrogen) atoms. The van der Waals surface area contributed by atoms with Crippen molar-refractivity contribution in [2.45, 2.75) is 19.3 Å². The van der Waals surface area contributed by atoms with Gasteiger partial charge in [-0.1, -0.05) is 12.1 Å². The van der Waals surface area contributed by atoms with Crippen molar-refractivity contribution in [3.63, 3.8) is 0 Å². The van der Waals surface area contributed by atoms with Crippen molar-refractivity contribution in [3.8, 4) is 0 Å².